The highest BCUT2D eigenvalue weighted by Gasteiger charge is 2.29. The average molecular weight is 329 g/mol. The molecule has 1 aliphatic heterocycles. The molecule has 1 aromatic carbocycles. The van der Waals surface area contributed by atoms with E-state index in [0.29, 0.717) is 0 Å². The standard InChI is InChI=1S/C14H20FN3O3S/c1-10(19)17-14-9-12(3-4-13(14)15)22(20,21)18(2)11-5-7-16-8-6-11/h3-4,9,11,16H,5-8H2,1-2H3,(H,17,19). The second-order valence-corrected chi connectivity index (χ2v) is 7.32. The van der Waals surface area contributed by atoms with E-state index in [-0.39, 0.29) is 16.6 Å². The third-order valence-corrected chi connectivity index (χ3v) is 5.65. The minimum absolute atomic E-state index is 0.0290. The zero-order valence-corrected chi connectivity index (χ0v) is 13.4. The second-order valence-electron chi connectivity index (χ2n) is 5.33. The lowest BCUT2D eigenvalue weighted by molar-refractivity contribution is -0.114. The molecule has 2 rings (SSSR count). The quantitative estimate of drug-likeness (QED) is 0.869. The molecule has 1 fully saturated rings. The lowest BCUT2D eigenvalue weighted by Crippen LogP contribution is -2.43. The topological polar surface area (TPSA) is 78.5 Å². The summed E-state index contributed by atoms with van der Waals surface area (Å²) in [7, 11) is -2.19. The summed E-state index contributed by atoms with van der Waals surface area (Å²) in [5, 5.41) is 5.48. The number of rotatable bonds is 4. The first-order valence-corrected chi connectivity index (χ1v) is 8.52. The minimum Gasteiger partial charge on any atom is -0.324 e. The molecule has 0 unspecified atom stereocenters. The first-order valence-electron chi connectivity index (χ1n) is 7.08. The predicted molar refractivity (Wildman–Crippen MR) is 81.5 cm³/mol. The molecule has 0 aromatic heterocycles. The molecule has 0 bridgehead atoms. The smallest absolute Gasteiger partial charge is 0.243 e. The van der Waals surface area contributed by atoms with Gasteiger partial charge in [0.1, 0.15) is 5.82 Å². The number of hydrogen-bond donors (Lipinski definition) is 2. The summed E-state index contributed by atoms with van der Waals surface area (Å²) >= 11 is 0. The van der Waals surface area contributed by atoms with Gasteiger partial charge in [0, 0.05) is 20.0 Å². The maximum atomic E-state index is 13.6. The van der Waals surface area contributed by atoms with Gasteiger partial charge in [-0.3, -0.25) is 4.79 Å². The maximum Gasteiger partial charge on any atom is 0.243 e. The number of piperidine rings is 1. The van der Waals surface area contributed by atoms with Crippen LogP contribution in [0.2, 0.25) is 0 Å². The molecule has 1 amide bonds. The molecule has 1 saturated heterocycles. The van der Waals surface area contributed by atoms with Crippen LogP contribution in [0.5, 0.6) is 0 Å². The van der Waals surface area contributed by atoms with Gasteiger partial charge in [0.05, 0.1) is 10.6 Å². The van der Waals surface area contributed by atoms with Gasteiger partial charge in [-0.05, 0) is 44.1 Å². The van der Waals surface area contributed by atoms with E-state index in [2.05, 4.69) is 10.6 Å². The van der Waals surface area contributed by atoms with Crippen LogP contribution in [0.1, 0.15) is 19.8 Å². The highest BCUT2D eigenvalue weighted by Crippen LogP contribution is 2.24. The summed E-state index contributed by atoms with van der Waals surface area (Å²) in [5.41, 5.74) is -0.132. The van der Waals surface area contributed by atoms with E-state index in [1.807, 2.05) is 0 Å². The zero-order chi connectivity index (χ0) is 16.3. The highest BCUT2D eigenvalue weighted by molar-refractivity contribution is 7.89. The lowest BCUT2D eigenvalue weighted by atomic mass is 10.1. The van der Waals surface area contributed by atoms with E-state index in [0.717, 1.165) is 38.1 Å². The van der Waals surface area contributed by atoms with Crippen LogP contribution in [-0.4, -0.2) is 44.8 Å². The van der Waals surface area contributed by atoms with Gasteiger partial charge >= 0.3 is 0 Å². The van der Waals surface area contributed by atoms with Crippen molar-refractivity contribution in [1.29, 1.82) is 0 Å². The van der Waals surface area contributed by atoms with E-state index in [1.165, 1.54) is 24.3 Å². The predicted octanol–water partition coefficient (Wildman–Crippen LogP) is 1.16. The average Bonchev–Trinajstić information content (AvgIpc) is 2.49. The van der Waals surface area contributed by atoms with Crippen LogP contribution in [-0.2, 0) is 14.8 Å². The SMILES string of the molecule is CC(=O)Nc1cc(S(=O)(=O)N(C)C2CCNCC2)ccc1F. The van der Waals surface area contributed by atoms with Crippen LogP contribution in [0.4, 0.5) is 10.1 Å². The summed E-state index contributed by atoms with van der Waals surface area (Å²) in [6, 6.07) is 3.34. The van der Waals surface area contributed by atoms with Gasteiger partial charge in [-0.2, -0.15) is 4.31 Å². The Balaban J connectivity index is 2.30. The molecule has 0 spiro atoms. The third-order valence-electron chi connectivity index (χ3n) is 3.75. The Kier molecular flexibility index (Phi) is 5.15. The first-order chi connectivity index (χ1) is 10.3. The fraction of sp³-hybridized carbons (Fsp3) is 0.500. The highest BCUT2D eigenvalue weighted by atomic mass is 32.2. The van der Waals surface area contributed by atoms with Crippen molar-refractivity contribution < 1.29 is 17.6 Å². The Morgan fingerprint density at radius 2 is 2.00 bits per heavy atom. The second kappa shape index (κ2) is 6.72. The van der Waals surface area contributed by atoms with Crippen molar-refractivity contribution in [3.8, 4) is 0 Å². The van der Waals surface area contributed by atoms with Gasteiger partial charge in [-0.1, -0.05) is 0 Å². The van der Waals surface area contributed by atoms with E-state index < -0.39 is 21.7 Å². The summed E-state index contributed by atoms with van der Waals surface area (Å²) in [6.07, 6.45) is 1.46. The monoisotopic (exact) mass is 329 g/mol. The van der Waals surface area contributed by atoms with Gasteiger partial charge in [-0.15, -0.1) is 0 Å². The Bertz CT molecular complexity index is 657. The molecule has 0 aliphatic carbocycles. The van der Waals surface area contributed by atoms with Crippen molar-refractivity contribution >= 4 is 21.6 Å². The van der Waals surface area contributed by atoms with E-state index >= 15 is 0 Å². The molecule has 6 nitrogen and oxygen atoms in total. The summed E-state index contributed by atoms with van der Waals surface area (Å²) in [4.78, 5) is 11.0. The molecule has 8 heteroatoms. The number of nitrogens with zero attached hydrogens (tertiary/aromatic N) is 1. The van der Waals surface area contributed by atoms with Gasteiger partial charge < -0.3 is 10.6 Å². The van der Waals surface area contributed by atoms with Crippen molar-refractivity contribution in [2.45, 2.75) is 30.7 Å². The molecular formula is C14H20FN3O3S. The van der Waals surface area contributed by atoms with Crippen molar-refractivity contribution in [1.82, 2.24) is 9.62 Å². The third kappa shape index (κ3) is 3.63. The van der Waals surface area contributed by atoms with Gasteiger partial charge in [0.2, 0.25) is 15.9 Å². The van der Waals surface area contributed by atoms with Crippen molar-refractivity contribution in [2.24, 2.45) is 0 Å². The first kappa shape index (κ1) is 16.9. The molecule has 1 aromatic rings. The number of carbonyl (C=O) groups is 1. The number of hydrogen-bond acceptors (Lipinski definition) is 4. The normalized spacial score (nSPS) is 16.7. The van der Waals surface area contributed by atoms with Crippen molar-refractivity contribution in [2.75, 3.05) is 25.5 Å². The van der Waals surface area contributed by atoms with Gasteiger partial charge in [0.25, 0.3) is 0 Å². The molecule has 2 N–H and O–H groups in total. The molecule has 0 atom stereocenters. The number of amides is 1. The number of carbonyl (C=O) groups excluding carboxylic acids is 1. The minimum atomic E-state index is -3.73. The van der Waals surface area contributed by atoms with Crippen molar-refractivity contribution in [3.63, 3.8) is 0 Å². The molecule has 122 valence electrons. The molecule has 0 radical (unpaired) electrons. The Morgan fingerprint density at radius 1 is 1.36 bits per heavy atom. The van der Waals surface area contributed by atoms with Crippen LogP contribution in [0.25, 0.3) is 0 Å². The van der Waals surface area contributed by atoms with E-state index in [1.54, 1.807) is 0 Å². The Morgan fingerprint density at radius 3 is 2.59 bits per heavy atom. The largest absolute Gasteiger partial charge is 0.324 e. The summed E-state index contributed by atoms with van der Waals surface area (Å²) in [5.74, 6) is -1.13. The van der Waals surface area contributed by atoms with Gasteiger partial charge in [0.15, 0.2) is 0 Å². The molecular weight excluding hydrogens is 309 g/mol. The van der Waals surface area contributed by atoms with Crippen LogP contribution < -0.4 is 10.6 Å². The van der Waals surface area contributed by atoms with E-state index in [9.17, 15) is 17.6 Å². The van der Waals surface area contributed by atoms with Crippen LogP contribution in [0.3, 0.4) is 0 Å². The molecule has 1 heterocycles. The lowest BCUT2D eigenvalue weighted by Gasteiger charge is -2.30. The number of sulfonamides is 1. The number of halogens is 1. The summed E-state index contributed by atoms with van der Waals surface area (Å²) < 4.78 is 40.3. The van der Waals surface area contributed by atoms with Crippen molar-refractivity contribution in [3.05, 3.63) is 24.0 Å². The molecule has 0 saturated carbocycles. The fourth-order valence-electron chi connectivity index (χ4n) is 2.48. The number of anilines is 1. The molecule has 1 aliphatic rings. The Labute approximate surface area is 129 Å². The number of benzene rings is 1. The van der Waals surface area contributed by atoms with E-state index in [4.69, 9.17) is 0 Å². The molecule has 22 heavy (non-hydrogen) atoms. The maximum absolute atomic E-state index is 13.6. The summed E-state index contributed by atoms with van der Waals surface area (Å²) in [6.45, 7) is 2.78. The number of nitrogens with one attached hydrogen (secondary N) is 2. The van der Waals surface area contributed by atoms with Crippen LogP contribution in [0.15, 0.2) is 23.1 Å². The Hall–Kier alpha value is -1.51. The fourth-order valence-corrected chi connectivity index (χ4v) is 3.93. The van der Waals surface area contributed by atoms with Gasteiger partial charge in [-0.25, -0.2) is 12.8 Å². The zero-order valence-electron chi connectivity index (χ0n) is 12.6. The van der Waals surface area contributed by atoms with Crippen LogP contribution in [0, 0.1) is 5.82 Å². The van der Waals surface area contributed by atoms with Crippen LogP contribution >= 0.6 is 0 Å².